The Labute approximate surface area is 149 Å². The molecule has 0 heterocycles. The van der Waals surface area contributed by atoms with Crippen molar-refractivity contribution >= 4 is 34.7 Å². The molecule has 0 atom stereocenters. The summed E-state index contributed by atoms with van der Waals surface area (Å²) in [5, 5.41) is 28.6. The molecule has 3 rings (SSSR count). The van der Waals surface area contributed by atoms with E-state index in [-0.39, 0.29) is 11.1 Å². The second-order valence-corrected chi connectivity index (χ2v) is 5.46. The largest absolute Gasteiger partial charge is 0.545 e. The SMILES string of the molecule is O=C([O-])c1ccccc1Nc1ccccc1Nc1ccccc1C(=O)[O-]. The fourth-order valence-corrected chi connectivity index (χ4v) is 2.53. The topological polar surface area (TPSA) is 104 Å². The van der Waals surface area contributed by atoms with Crippen molar-refractivity contribution in [3.63, 3.8) is 0 Å². The van der Waals surface area contributed by atoms with Gasteiger partial charge in [0.1, 0.15) is 0 Å². The number of anilines is 4. The molecule has 0 aromatic heterocycles. The summed E-state index contributed by atoms with van der Waals surface area (Å²) in [5.74, 6) is -2.58. The normalized spacial score (nSPS) is 10.2. The van der Waals surface area contributed by atoms with Crippen molar-refractivity contribution in [2.45, 2.75) is 0 Å². The van der Waals surface area contributed by atoms with Crippen molar-refractivity contribution in [1.29, 1.82) is 0 Å². The van der Waals surface area contributed by atoms with Crippen molar-refractivity contribution in [2.75, 3.05) is 10.6 Å². The first kappa shape index (κ1) is 17.0. The standard InChI is InChI=1S/C20H16N2O4/c23-19(24)13-7-1-3-9-15(13)21-17-11-5-6-12-18(17)22-16-10-4-2-8-14(16)20(25)26/h1-12,21-22H,(H,23,24)(H,25,26)/p-2. The highest BCUT2D eigenvalue weighted by atomic mass is 16.4. The van der Waals surface area contributed by atoms with E-state index in [1.165, 1.54) is 12.1 Å². The molecular weight excluding hydrogens is 332 g/mol. The summed E-state index contributed by atoms with van der Waals surface area (Å²) in [6, 6.07) is 19.8. The first-order chi connectivity index (χ1) is 12.6. The van der Waals surface area contributed by atoms with Gasteiger partial charge in [-0.15, -0.1) is 0 Å². The summed E-state index contributed by atoms with van der Waals surface area (Å²) < 4.78 is 0. The van der Waals surface area contributed by atoms with Crippen LogP contribution in [0.5, 0.6) is 0 Å². The van der Waals surface area contributed by atoms with Gasteiger partial charge in [-0.05, 0) is 24.3 Å². The smallest absolute Gasteiger partial charge is 0.0736 e. The minimum Gasteiger partial charge on any atom is -0.545 e. The van der Waals surface area contributed by atoms with Crippen LogP contribution in [-0.4, -0.2) is 11.9 Å². The van der Waals surface area contributed by atoms with Crippen LogP contribution in [0.3, 0.4) is 0 Å². The maximum atomic E-state index is 11.3. The van der Waals surface area contributed by atoms with Gasteiger partial charge in [-0.2, -0.15) is 0 Å². The van der Waals surface area contributed by atoms with Gasteiger partial charge in [0, 0.05) is 22.5 Å². The van der Waals surface area contributed by atoms with E-state index in [0.29, 0.717) is 22.7 Å². The lowest BCUT2D eigenvalue weighted by atomic mass is 10.1. The molecule has 0 aliphatic rings. The molecule has 0 amide bonds. The zero-order chi connectivity index (χ0) is 18.5. The Bertz CT molecular complexity index is 891. The third-order valence-corrected chi connectivity index (χ3v) is 3.76. The molecule has 3 aromatic rings. The van der Waals surface area contributed by atoms with Crippen molar-refractivity contribution in [3.8, 4) is 0 Å². The van der Waals surface area contributed by atoms with Crippen LogP contribution in [0.2, 0.25) is 0 Å². The number of carboxylic acids is 2. The molecule has 0 aliphatic heterocycles. The summed E-state index contributed by atoms with van der Waals surface area (Å²) in [6.07, 6.45) is 0. The summed E-state index contributed by atoms with van der Waals surface area (Å²) in [4.78, 5) is 22.5. The van der Waals surface area contributed by atoms with Gasteiger partial charge in [0.15, 0.2) is 0 Å². The molecule has 0 unspecified atom stereocenters. The number of aromatic carboxylic acids is 2. The third-order valence-electron chi connectivity index (χ3n) is 3.76. The number of carbonyl (C=O) groups excluding carboxylic acids is 2. The minimum atomic E-state index is -1.29. The van der Waals surface area contributed by atoms with Crippen LogP contribution < -0.4 is 20.8 Å². The third kappa shape index (κ3) is 3.64. The fourth-order valence-electron chi connectivity index (χ4n) is 2.53. The van der Waals surface area contributed by atoms with Crippen LogP contribution in [0.4, 0.5) is 22.7 Å². The second-order valence-electron chi connectivity index (χ2n) is 5.46. The van der Waals surface area contributed by atoms with Crippen molar-refractivity contribution in [2.24, 2.45) is 0 Å². The number of para-hydroxylation sites is 4. The quantitative estimate of drug-likeness (QED) is 0.706. The monoisotopic (exact) mass is 346 g/mol. The molecule has 0 radical (unpaired) electrons. The van der Waals surface area contributed by atoms with Gasteiger partial charge in [-0.1, -0.05) is 48.5 Å². The van der Waals surface area contributed by atoms with E-state index in [0.717, 1.165) is 0 Å². The predicted molar refractivity (Wildman–Crippen MR) is 94.6 cm³/mol. The Hall–Kier alpha value is -3.80. The Kier molecular flexibility index (Phi) is 4.85. The summed E-state index contributed by atoms with van der Waals surface area (Å²) >= 11 is 0. The molecule has 0 spiro atoms. The Balaban J connectivity index is 1.96. The van der Waals surface area contributed by atoms with E-state index >= 15 is 0 Å². The molecule has 130 valence electrons. The van der Waals surface area contributed by atoms with Gasteiger partial charge in [0.05, 0.1) is 23.3 Å². The first-order valence-electron chi connectivity index (χ1n) is 7.80. The van der Waals surface area contributed by atoms with Crippen molar-refractivity contribution in [3.05, 3.63) is 83.9 Å². The number of rotatable bonds is 6. The highest BCUT2D eigenvalue weighted by Gasteiger charge is 2.09. The second kappa shape index (κ2) is 7.40. The number of benzene rings is 3. The van der Waals surface area contributed by atoms with E-state index < -0.39 is 11.9 Å². The number of hydrogen-bond donors (Lipinski definition) is 2. The molecule has 0 aliphatic carbocycles. The van der Waals surface area contributed by atoms with E-state index in [9.17, 15) is 19.8 Å². The van der Waals surface area contributed by atoms with Gasteiger partial charge in [0.25, 0.3) is 0 Å². The Morgan fingerprint density at radius 3 is 1.19 bits per heavy atom. The maximum Gasteiger partial charge on any atom is 0.0736 e. The van der Waals surface area contributed by atoms with Gasteiger partial charge < -0.3 is 30.4 Å². The number of hydrogen-bond acceptors (Lipinski definition) is 6. The fraction of sp³-hybridized carbons (Fsp3) is 0. The van der Waals surface area contributed by atoms with Crippen LogP contribution in [0.15, 0.2) is 72.8 Å². The zero-order valence-corrected chi connectivity index (χ0v) is 13.6. The van der Waals surface area contributed by atoms with Gasteiger partial charge in [-0.3, -0.25) is 0 Å². The molecule has 0 saturated heterocycles. The van der Waals surface area contributed by atoms with Crippen LogP contribution in [0.25, 0.3) is 0 Å². The molecule has 0 saturated carbocycles. The number of nitrogens with one attached hydrogen (secondary N) is 2. The molecule has 2 N–H and O–H groups in total. The first-order valence-corrected chi connectivity index (χ1v) is 7.80. The van der Waals surface area contributed by atoms with Crippen LogP contribution in [-0.2, 0) is 0 Å². The lowest BCUT2D eigenvalue weighted by molar-refractivity contribution is -0.256. The highest BCUT2D eigenvalue weighted by molar-refractivity contribution is 5.96. The maximum absolute atomic E-state index is 11.3. The predicted octanol–water partition coefficient (Wildman–Crippen LogP) is 1.90. The molecular formula is C20H14N2O4-2. The lowest BCUT2D eigenvalue weighted by Crippen LogP contribution is -2.23. The zero-order valence-electron chi connectivity index (χ0n) is 13.6. The molecule has 6 heteroatoms. The van der Waals surface area contributed by atoms with E-state index in [1.807, 2.05) is 0 Å². The minimum absolute atomic E-state index is 0.0254. The molecule has 0 fully saturated rings. The van der Waals surface area contributed by atoms with Crippen LogP contribution in [0.1, 0.15) is 20.7 Å². The lowest BCUT2D eigenvalue weighted by Gasteiger charge is -2.18. The van der Waals surface area contributed by atoms with Crippen molar-refractivity contribution in [1.82, 2.24) is 0 Å². The average molecular weight is 346 g/mol. The van der Waals surface area contributed by atoms with E-state index in [1.54, 1.807) is 60.7 Å². The summed E-state index contributed by atoms with van der Waals surface area (Å²) in [5.41, 5.74) is 1.95. The molecule has 6 nitrogen and oxygen atoms in total. The molecule has 0 bridgehead atoms. The van der Waals surface area contributed by atoms with Gasteiger partial charge in [-0.25, -0.2) is 0 Å². The highest BCUT2D eigenvalue weighted by Crippen LogP contribution is 2.30. The molecule has 26 heavy (non-hydrogen) atoms. The van der Waals surface area contributed by atoms with E-state index in [4.69, 9.17) is 0 Å². The molecule has 3 aromatic carbocycles. The Morgan fingerprint density at radius 1 is 0.538 bits per heavy atom. The van der Waals surface area contributed by atoms with Gasteiger partial charge >= 0.3 is 0 Å². The van der Waals surface area contributed by atoms with E-state index in [2.05, 4.69) is 10.6 Å². The van der Waals surface area contributed by atoms with Crippen LogP contribution in [0, 0.1) is 0 Å². The Morgan fingerprint density at radius 2 is 0.846 bits per heavy atom. The summed E-state index contributed by atoms with van der Waals surface area (Å²) in [6.45, 7) is 0. The van der Waals surface area contributed by atoms with Crippen molar-refractivity contribution < 1.29 is 19.8 Å². The van der Waals surface area contributed by atoms with Gasteiger partial charge in [0.2, 0.25) is 0 Å². The number of carbonyl (C=O) groups is 2. The summed E-state index contributed by atoms with van der Waals surface area (Å²) in [7, 11) is 0. The number of carboxylic acid groups (broad SMARTS) is 2. The average Bonchev–Trinajstić information content (AvgIpc) is 2.64. The van der Waals surface area contributed by atoms with Crippen LogP contribution >= 0.6 is 0 Å².